The lowest BCUT2D eigenvalue weighted by Gasteiger charge is -2.20. The molecule has 0 unspecified atom stereocenters. The number of fused-ring (bicyclic) bond motifs is 1. The van der Waals surface area contributed by atoms with Crippen molar-refractivity contribution in [3.05, 3.63) is 65.2 Å². The van der Waals surface area contributed by atoms with E-state index >= 15 is 0 Å². The normalized spacial score (nSPS) is 14.8. The molecule has 1 aliphatic rings. The largest absolute Gasteiger partial charge is 0.284 e. The van der Waals surface area contributed by atoms with Crippen molar-refractivity contribution in [1.82, 2.24) is 4.90 Å². The number of amides is 2. The lowest BCUT2D eigenvalue weighted by atomic mass is 10.1. The van der Waals surface area contributed by atoms with Crippen LogP contribution in [0.25, 0.3) is 0 Å². The first kappa shape index (κ1) is 15.5. The fraction of sp³-hybridized carbons (Fsp3) is 0.167. The maximum atomic E-state index is 12.4. The van der Waals surface area contributed by atoms with E-state index in [1.807, 2.05) is 31.2 Å². The number of carbonyl (C=O) groups excluding carboxylic acids is 3. The third-order valence-corrected chi connectivity index (χ3v) is 4.84. The van der Waals surface area contributed by atoms with Crippen molar-refractivity contribution in [1.29, 1.82) is 0 Å². The minimum atomic E-state index is -0.811. The number of imide groups is 1. The van der Waals surface area contributed by atoms with E-state index < -0.39 is 17.9 Å². The van der Waals surface area contributed by atoms with Gasteiger partial charge in [-0.25, -0.2) is 0 Å². The van der Waals surface area contributed by atoms with E-state index in [-0.39, 0.29) is 5.12 Å². The molecule has 5 heteroatoms. The van der Waals surface area contributed by atoms with E-state index in [1.165, 1.54) is 0 Å². The number of thioether (sulfide) groups is 1. The molecule has 1 atom stereocenters. The SMILES string of the molecule is Cc1ccc(SC(=O)[C@@H](C)N2C(=O)c3ccccc3C2=O)cc1. The van der Waals surface area contributed by atoms with Gasteiger partial charge in [0.1, 0.15) is 6.04 Å². The van der Waals surface area contributed by atoms with Crippen LogP contribution >= 0.6 is 11.8 Å². The van der Waals surface area contributed by atoms with Crippen LogP contribution in [0.3, 0.4) is 0 Å². The van der Waals surface area contributed by atoms with Gasteiger partial charge in [-0.2, -0.15) is 0 Å². The highest BCUT2D eigenvalue weighted by Crippen LogP contribution is 2.28. The van der Waals surface area contributed by atoms with Gasteiger partial charge in [-0.1, -0.05) is 29.8 Å². The smallest absolute Gasteiger partial charge is 0.262 e. The Hall–Kier alpha value is -2.40. The second kappa shape index (κ2) is 6.01. The first-order chi connectivity index (χ1) is 11.0. The first-order valence-electron chi connectivity index (χ1n) is 7.24. The molecule has 0 aliphatic carbocycles. The fourth-order valence-corrected chi connectivity index (χ4v) is 3.25. The fourth-order valence-electron chi connectivity index (χ4n) is 2.47. The maximum Gasteiger partial charge on any atom is 0.262 e. The van der Waals surface area contributed by atoms with Crippen LogP contribution < -0.4 is 0 Å². The van der Waals surface area contributed by atoms with Gasteiger partial charge in [-0.3, -0.25) is 19.3 Å². The number of hydrogen-bond acceptors (Lipinski definition) is 4. The molecule has 3 rings (SSSR count). The van der Waals surface area contributed by atoms with Crippen LogP contribution in [0, 0.1) is 6.92 Å². The number of benzene rings is 2. The summed E-state index contributed by atoms with van der Waals surface area (Å²) in [4.78, 5) is 39.1. The molecule has 0 saturated heterocycles. The van der Waals surface area contributed by atoms with Crippen molar-refractivity contribution < 1.29 is 14.4 Å². The molecule has 0 radical (unpaired) electrons. The second-order valence-corrected chi connectivity index (χ2v) is 6.51. The summed E-state index contributed by atoms with van der Waals surface area (Å²) >= 11 is 1.05. The third kappa shape index (κ3) is 2.80. The number of hydrogen-bond donors (Lipinski definition) is 0. The summed E-state index contributed by atoms with van der Waals surface area (Å²) in [6.07, 6.45) is 0. The minimum Gasteiger partial charge on any atom is -0.284 e. The predicted octanol–water partition coefficient (Wildman–Crippen LogP) is 3.30. The quantitative estimate of drug-likeness (QED) is 0.642. The Labute approximate surface area is 138 Å². The van der Waals surface area contributed by atoms with E-state index in [4.69, 9.17) is 0 Å². The molecule has 0 fully saturated rings. The van der Waals surface area contributed by atoms with E-state index in [2.05, 4.69) is 0 Å². The summed E-state index contributed by atoms with van der Waals surface area (Å²) in [6, 6.07) is 13.4. The standard InChI is InChI=1S/C18H15NO3S/c1-11-7-9-13(10-8-11)23-18(22)12(2)19-16(20)14-5-3-4-6-15(14)17(19)21/h3-10,12H,1-2H3/t12-/m1/s1. The van der Waals surface area contributed by atoms with E-state index in [9.17, 15) is 14.4 Å². The van der Waals surface area contributed by atoms with Crippen LogP contribution in [-0.4, -0.2) is 27.9 Å². The molecule has 0 saturated carbocycles. The van der Waals surface area contributed by atoms with Gasteiger partial charge in [0.2, 0.25) is 5.12 Å². The Morgan fingerprint density at radius 3 is 2.00 bits per heavy atom. The molecule has 2 amide bonds. The lowest BCUT2D eigenvalue weighted by molar-refractivity contribution is -0.114. The Bertz CT molecular complexity index is 763. The van der Waals surface area contributed by atoms with Crippen molar-refractivity contribution in [2.24, 2.45) is 0 Å². The molecule has 0 aromatic heterocycles. The molecular weight excluding hydrogens is 310 g/mol. The Morgan fingerprint density at radius 2 is 1.48 bits per heavy atom. The zero-order chi connectivity index (χ0) is 16.6. The highest BCUT2D eigenvalue weighted by molar-refractivity contribution is 8.13. The van der Waals surface area contributed by atoms with Crippen molar-refractivity contribution in [2.75, 3.05) is 0 Å². The van der Waals surface area contributed by atoms with Crippen LogP contribution in [0.5, 0.6) is 0 Å². The molecular formula is C18H15NO3S. The monoisotopic (exact) mass is 325 g/mol. The number of aryl methyl sites for hydroxylation is 1. The van der Waals surface area contributed by atoms with Gasteiger partial charge in [0, 0.05) is 4.90 Å². The maximum absolute atomic E-state index is 12.4. The molecule has 23 heavy (non-hydrogen) atoms. The molecule has 1 heterocycles. The van der Waals surface area contributed by atoms with Crippen LogP contribution in [0.4, 0.5) is 0 Å². The molecule has 0 N–H and O–H groups in total. The van der Waals surface area contributed by atoms with Gasteiger partial charge in [-0.05, 0) is 49.9 Å². The Kier molecular flexibility index (Phi) is 4.05. The molecule has 0 bridgehead atoms. The molecule has 4 nitrogen and oxygen atoms in total. The molecule has 2 aromatic carbocycles. The Balaban J connectivity index is 1.79. The minimum absolute atomic E-state index is 0.233. The molecule has 2 aromatic rings. The van der Waals surface area contributed by atoms with E-state index in [0.717, 1.165) is 27.1 Å². The van der Waals surface area contributed by atoms with E-state index in [1.54, 1.807) is 31.2 Å². The third-order valence-electron chi connectivity index (χ3n) is 3.79. The van der Waals surface area contributed by atoms with Crippen LogP contribution in [0.15, 0.2) is 53.4 Å². The summed E-state index contributed by atoms with van der Waals surface area (Å²) in [6.45, 7) is 3.56. The van der Waals surface area contributed by atoms with Gasteiger partial charge >= 0.3 is 0 Å². The summed E-state index contributed by atoms with van der Waals surface area (Å²) in [5.41, 5.74) is 1.82. The summed E-state index contributed by atoms with van der Waals surface area (Å²) in [5, 5.41) is -0.233. The van der Waals surface area contributed by atoms with Crippen molar-refractivity contribution in [3.63, 3.8) is 0 Å². The summed E-state index contributed by atoms with van der Waals surface area (Å²) in [7, 11) is 0. The van der Waals surface area contributed by atoms with Crippen molar-refractivity contribution in [3.8, 4) is 0 Å². The van der Waals surface area contributed by atoms with Gasteiger partial charge in [-0.15, -0.1) is 0 Å². The van der Waals surface area contributed by atoms with Crippen LogP contribution in [0.1, 0.15) is 33.2 Å². The average molecular weight is 325 g/mol. The number of rotatable bonds is 3. The first-order valence-corrected chi connectivity index (χ1v) is 8.06. The number of nitrogens with zero attached hydrogens (tertiary/aromatic N) is 1. The highest BCUT2D eigenvalue weighted by atomic mass is 32.2. The summed E-state index contributed by atoms with van der Waals surface area (Å²) in [5.74, 6) is -0.813. The van der Waals surface area contributed by atoms with Crippen LogP contribution in [-0.2, 0) is 4.79 Å². The topological polar surface area (TPSA) is 54.5 Å². The van der Waals surface area contributed by atoms with Crippen molar-refractivity contribution in [2.45, 2.75) is 24.8 Å². The zero-order valence-electron chi connectivity index (χ0n) is 12.8. The van der Waals surface area contributed by atoms with Crippen molar-refractivity contribution >= 4 is 28.7 Å². The van der Waals surface area contributed by atoms with Gasteiger partial charge < -0.3 is 0 Å². The molecule has 116 valence electrons. The molecule has 0 spiro atoms. The van der Waals surface area contributed by atoms with Crippen LogP contribution in [0.2, 0.25) is 0 Å². The molecule has 1 aliphatic heterocycles. The Morgan fingerprint density at radius 1 is 0.957 bits per heavy atom. The average Bonchev–Trinajstić information content (AvgIpc) is 2.81. The van der Waals surface area contributed by atoms with Gasteiger partial charge in [0.05, 0.1) is 11.1 Å². The predicted molar refractivity (Wildman–Crippen MR) is 88.4 cm³/mol. The van der Waals surface area contributed by atoms with Gasteiger partial charge in [0.25, 0.3) is 11.8 Å². The number of carbonyl (C=O) groups is 3. The zero-order valence-corrected chi connectivity index (χ0v) is 13.6. The van der Waals surface area contributed by atoms with Gasteiger partial charge in [0.15, 0.2) is 0 Å². The second-order valence-electron chi connectivity index (χ2n) is 5.44. The lowest BCUT2D eigenvalue weighted by Crippen LogP contribution is -2.41. The van der Waals surface area contributed by atoms with E-state index in [0.29, 0.717) is 11.1 Å². The summed E-state index contributed by atoms with van der Waals surface area (Å²) < 4.78 is 0. The highest BCUT2D eigenvalue weighted by Gasteiger charge is 2.40.